The average Bonchev–Trinajstić information content (AvgIpc) is 3.17. The maximum atomic E-state index is 12.7. The number of allylic oxidation sites excluding steroid dienone is 14. The van der Waals surface area contributed by atoms with Gasteiger partial charge in [-0.3, -0.25) is 9.59 Å². The molecular weight excluding hydrogens is 715 g/mol. The second-order valence-electron chi connectivity index (χ2n) is 15.5. The van der Waals surface area contributed by atoms with E-state index < -0.39 is 18.1 Å². The number of esters is 2. The molecule has 0 radical (unpaired) electrons. The molecule has 0 aromatic rings. The Kier molecular flexibility index (Phi) is 36.9. The van der Waals surface area contributed by atoms with Gasteiger partial charge in [0.2, 0.25) is 0 Å². The molecule has 57 heavy (non-hydrogen) atoms. The van der Waals surface area contributed by atoms with Crippen LogP contribution in [0.3, 0.4) is 0 Å². The van der Waals surface area contributed by atoms with Crippen molar-refractivity contribution in [2.45, 2.75) is 167 Å². The first-order chi connectivity index (χ1) is 27.6. The lowest BCUT2D eigenvalue weighted by Gasteiger charge is -2.31. The van der Waals surface area contributed by atoms with Crippen LogP contribution in [-0.4, -0.2) is 80.6 Å². The van der Waals surface area contributed by atoms with Gasteiger partial charge in [-0.1, -0.05) is 137 Å². The summed E-state index contributed by atoms with van der Waals surface area (Å²) in [6, 6.07) is -0.625. The lowest BCUT2D eigenvalue weighted by atomic mass is 10.1. The van der Waals surface area contributed by atoms with Crippen molar-refractivity contribution in [3.05, 3.63) is 85.1 Å². The Hall–Kier alpha value is -3.49. The Morgan fingerprint density at radius 2 is 0.930 bits per heavy atom. The van der Waals surface area contributed by atoms with Gasteiger partial charge in [-0.05, 0) is 83.5 Å². The van der Waals surface area contributed by atoms with E-state index in [9.17, 15) is 19.5 Å². The van der Waals surface area contributed by atoms with Crippen molar-refractivity contribution in [2.75, 3.05) is 41.0 Å². The Bertz CT molecular complexity index is 1200. The van der Waals surface area contributed by atoms with Crippen molar-refractivity contribution in [1.29, 1.82) is 0 Å². The molecule has 324 valence electrons. The molecule has 0 aliphatic rings. The highest BCUT2D eigenvalue weighted by Crippen LogP contribution is 2.13. The largest absolute Gasteiger partial charge is 0.477 e. The van der Waals surface area contributed by atoms with Gasteiger partial charge in [-0.25, -0.2) is 4.79 Å². The van der Waals surface area contributed by atoms with E-state index >= 15 is 0 Å². The van der Waals surface area contributed by atoms with E-state index in [1.807, 2.05) is 21.1 Å². The van der Waals surface area contributed by atoms with E-state index in [1.165, 1.54) is 25.7 Å². The maximum Gasteiger partial charge on any atom is 0.362 e. The predicted octanol–water partition coefficient (Wildman–Crippen LogP) is 12.1. The molecule has 0 saturated heterocycles. The Labute approximate surface area is 348 Å². The van der Waals surface area contributed by atoms with Crippen LogP contribution in [0.25, 0.3) is 0 Å². The number of ether oxygens (including phenoxy) is 3. The molecule has 1 N–H and O–H groups in total. The monoisotopic (exact) mass is 797 g/mol. The molecule has 0 aliphatic heterocycles. The second kappa shape index (κ2) is 39.3. The fourth-order valence-corrected chi connectivity index (χ4v) is 5.92. The quantitative estimate of drug-likeness (QED) is 0.0287. The van der Waals surface area contributed by atoms with Gasteiger partial charge >= 0.3 is 17.9 Å². The normalized spacial score (nSPS) is 13.8. The lowest BCUT2D eigenvalue weighted by molar-refractivity contribution is -0.887. The van der Waals surface area contributed by atoms with Gasteiger partial charge in [0.05, 0.1) is 34.4 Å². The second-order valence-corrected chi connectivity index (χ2v) is 15.5. The number of rotatable bonds is 38. The number of nitrogens with zero attached hydrogens (tertiary/aromatic N) is 1. The molecule has 0 aromatic carbocycles. The van der Waals surface area contributed by atoms with Gasteiger partial charge in [0.25, 0.3) is 0 Å². The van der Waals surface area contributed by atoms with Crippen LogP contribution in [-0.2, 0) is 28.6 Å². The highest BCUT2D eigenvalue weighted by molar-refractivity contribution is 5.72. The zero-order valence-corrected chi connectivity index (χ0v) is 36.8. The van der Waals surface area contributed by atoms with E-state index in [4.69, 9.17) is 14.2 Å². The fraction of sp³-hybridized carbons (Fsp3) is 0.653. The van der Waals surface area contributed by atoms with Crippen LogP contribution in [0.5, 0.6) is 0 Å². The fourth-order valence-electron chi connectivity index (χ4n) is 5.92. The summed E-state index contributed by atoms with van der Waals surface area (Å²) in [7, 11) is 5.50. The van der Waals surface area contributed by atoms with Gasteiger partial charge in [0, 0.05) is 19.3 Å². The van der Waals surface area contributed by atoms with Crippen LogP contribution in [0.2, 0.25) is 0 Å². The van der Waals surface area contributed by atoms with Crippen LogP contribution in [0.15, 0.2) is 85.1 Å². The van der Waals surface area contributed by atoms with Gasteiger partial charge in [0.15, 0.2) is 12.1 Å². The maximum absolute atomic E-state index is 12.7. The molecule has 0 rings (SSSR count). The van der Waals surface area contributed by atoms with Crippen LogP contribution in [0, 0.1) is 0 Å². The summed E-state index contributed by atoms with van der Waals surface area (Å²) < 4.78 is 17.2. The summed E-state index contributed by atoms with van der Waals surface area (Å²) in [4.78, 5) is 37.0. The van der Waals surface area contributed by atoms with Gasteiger partial charge in [-0.2, -0.15) is 0 Å². The Morgan fingerprint density at radius 1 is 0.526 bits per heavy atom. The number of carboxylic acid groups (broad SMARTS) is 1. The summed E-state index contributed by atoms with van der Waals surface area (Å²) in [6.45, 7) is 4.45. The first kappa shape index (κ1) is 53.5. The molecule has 0 fully saturated rings. The number of unbranched alkanes of at least 4 members (excludes halogenated alkanes) is 10. The van der Waals surface area contributed by atoms with Crippen molar-refractivity contribution < 1.29 is 38.2 Å². The number of hydrogen-bond acceptors (Lipinski definition) is 6. The molecule has 8 heteroatoms. The van der Waals surface area contributed by atoms with E-state index in [0.717, 1.165) is 96.3 Å². The third-order valence-corrected chi connectivity index (χ3v) is 9.29. The standard InChI is InChI=1S/C49H81NO7/c1-6-8-10-12-14-16-18-20-22-23-24-25-26-28-29-31-33-35-37-39-47(51)56-44-45(43-55-42-41-46(49(53)54)50(3,4)5)57-48(52)40-38-36-34-32-30-27-21-19-17-15-13-11-9-7-2/h8-11,14-17,20,22,24-25,28-29,45-46H,6-7,12-13,18-19,21,23,26-27,30-44H2,1-5H3/p+1/b10-8+,11-9+,16-14+,17-15+,22-20+,25-24+,29-28+. The van der Waals surface area contributed by atoms with Crippen LogP contribution in [0.1, 0.15) is 155 Å². The number of aliphatic carboxylic acids is 1. The summed E-state index contributed by atoms with van der Waals surface area (Å²) >= 11 is 0. The van der Waals surface area contributed by atoms with Crippen molar-refractivity contribution >= 4 is 17.9 Å². The van der Waals surface area contributed by atoms with Gasteiger partial charge < -0.3 is 23.8 Å². The molecule has 0 bridgehead atoms. The number of carboxylic acids is 1. The van der Waals surface area contributed by atoms with E-state index in [-0.39, 0.29) is 36.2 Å². The number of likely N-dealkylation sites (N-methyl/N-ethyl adjacent to an activating group) is 1. The molecular formula is C49H82NO7+. The average molecular weight is 797 g/mol. The van der Waals surface area contributed by atoms with Crippen molar-refractivity contribution in [3.8, 4) is 0 Å². The zero-order valence-electron chi connectivity index (χ0n) is 36.8. The molecule has 2 unspecified atom stereocenters. The zero-order chi connectivity index (χ0) is 42.1. The summed E-state index contributed by atoms with van der Waals surface area (Å²) in [5, 5.41) is 9.62. The number of quaternary nitrogens is 1. The van der Waals surface area contributed by atoms with Crippen LogP contribution >= 0.6 is 0 Å². The predicted molar refractivity (Wildman–Crippen MR) is 238 cm³/mol. The third-order valence-electron chi connectivity index (χ3n) is 9.29. The van der Waals surface area contributed by atoms with Gasteiger partial charge in [-0.15, -0.1) is 0 Å². The van der Waals surface area contributed by atoms with E-state index in [2.05, 4.69) is 98.9 Å². The molecule has 8 nitrogen and oxygen atoms in total. The number of hydrogen-bond donors (Lipinski definition) is 1. The minimum absolute atomic E-state index is 0.0420. The van der Waals surface area contributed by atoms with Gasteiger partial charge in [0.1, 0.15) is 6.61 Å². The van der Waals surface area contributed by atoms with Crippen molar-refractivity contribution in [2.24, 2.45) is 0 Å². The molecule has 0 saturated carbocycles. The first-order valence-electron chi connectivity index (χ1n) is 22.1. The van der Waals surface area contributed by atoms with E-state index in [1.54, 1.807) is 0 Å². The molecule has 0 spiro atoms. The molecule has 0 amide bonds. The van der Waals surface area contributed by atoms with E-state index in [0.29, 0.717) is 19.3 Å². The Balaban J connectivity index is 4.42. The molecule has 2 atom stereocenters. The van der Waals surface area contributed by atoms with Crippen molar-refractivity contribution in [3.63, 3.8) is 0 Å². The topological polar surface area (TPSA) is 99.1 Å². The SMILES string of the molecule is CC/C=C/C/C=C/C/C=C/C/C=C/C/C=C/CCCCCC(=O)OCC(COCCC(C(=O)O)[N+](C)(C)C)OC(=O)CCCCCCCCC/C=C/C/C=C/CC. The summed E-state index contributed by atoms with van der Waals surface area (Å²) in [6.07, 6.45) is 50.5. The molecule has 0 aromatic heterocycles. The summed E-state index contributed by atoms with van der Waals surface area (Å²) in [5.74, 6) is -1.53. The lowest BCUT2D eigenvalue weighted by Crippen LogP contribution is -2.50. The Morgan fingerprint density at radius 3 is 1.39 bits per heavy atom. The minimum atomic E-state index is -0.885. The number of carbonyl (C=O) groups is 3. The molecule has 0 heterocycles. The highest BCUT2D eigenvalue weighted by atomic mass is 16.6. The highest BCUT2D eigenvalue weighted by Gasteiger charge is 2.31. The summed E-state index contributed by atoms with van der Waals surface area (Å²) in [5.41, 5.74) is 0. The smallest absolute Gasteiger partial charge is 0.362 e. The van der Waals surface area contributed by atoms with Crippen LogP contribution in [0.4, 0.5) is 0 Å². The number of carbonyl (C=O) groups excluding carboxylic acids is 2. The third kappa shape index (κ3) is 37.8. The molecule has 0 aliphatic carbocycles. The van der Waals surface area contributed by atoms with Crippen molar-refractivity contribution in [1.82, 2.24) is 0 Å². The van der Waals surface area contributed by atoms with Crippen LogP contribution < -0.4 is 0 Å². The first-order valence-corrected chi connectivity index (χ1v) is 22.1. The minimum Gasteiger partial charge on any atom is -0.477 e.